The third-order valence-corrected chi connectivity index (χ3v) is 11.3. The highest BCUT2D eigenvalue weighted by atomic mass is 127. The average molecular weight is 561 g/mol. The number of aliphatic hydroxyl groups excluding tert-OH is 1. The number of aliphatic hydroxyl groups is 1. The molecular weight excluding hydrogens is 529 g/mol. The first-order valence-electron chi connectivity index (χ1n) is 10.3. The van der Waals surface area contributed by atoms with Gasteiger partial charge in [-0.15, -0.1) is 0 Å². The van der Waals surface area contributed by atoms with E-state index in [1.54, 1.807) is 11.2 Å². The van der Waals surface area contributed by atoms with Crippen LogP contribution in [-0.4, -0.2) is 72.1 Å². The number of nitrogens with one attached hydrogen (secondary N) is 1. The highest BCUT2D eigenvalue weighted by Crippen LogP contribution is 2.38. The fourth-order valence-corrected chi connectivity index (χ4v) is 4.89. The summed E-state index contributed by atoms with van der Waals surface area (Å²) in [5.74, 6) is 0.221. The van der Waals surface area contributed by atoms with Crippen LogP contribution in [-0.2, 0) is 9.16 Å². The number of aromatic nitrogens is 3. The molecule has 3 heterocycles. The Morgan fingerprint density at radius 1 is 1.48 bits per heavy atom. The summed E-state index contributed by atoms with van der Waals surface area (Å²) in [4.78, 5) is 25.8. The van der Waals surface area contributed by atoms with E-state index in [0.29, 0.717) is 24.1 Å². The highest BCUT2D eigenvalue weighted by Gasteiger charge is 2.41. The zero-order valence-electron chi connectivity index (χ0n) is 19.1. The number of ether oxygens (including phenoxy) is 1. The molecular formula is C20H32IN5O4Si. The smallest absolute Gasteiger partial charge is 0.262 e. The molecule has 2 aromatic heterocycles. The third kappa shape index (κ3) is 5.21. The molecule has 0 radical (unpaired) electrons. The molecule has 1 fully saturated rings. The molecule has 0 aliphatic carbocycles. The Bertz CT molecular complexity index is 1030. The zero-order chi connectivity index (χ0) is 23.1. The lowest BCUT2D eigenvalue weighted by atomic mass is 10.2. The molecule has 0 aromatic carbocycles. The van der Waals surface area contributed by atoms with Gasteiger partial charge in [0.25, 0.3) is 5.56 Å². The van der Waals surface area contributed by atoms with E-state index in [9.17, 15) is 9.90 Å². The van der Waals surface area contributed by atoms with Crippen molar-refractivity contribution in [3.8, 4) is 0 Å². The molecule has 3 rings (SSSR count). The molecule has 3 atom stereocenters. The van der Waals surface area contributed by atoms with Crippen LogP contribution in [0, 0.1) is 3.57 Å². The van der Waals surface area contributed by atoms with Crippen molar-refractivity contribution < 1.29 is 14.3 Å². The van der Waals surface area contributed by atoms with Gasteiger partial charge < -0.3 is 23.7 Å². The van der Waals surface area contributed by atoms with Gasteiger partial charge in [0.2, 0.25) is 5.95 Å². The lowest BCUT2D eigenvalue weighted by molar-refractivity contribution is -0.0403. The van der Waals surface area contributed by atoms with E-state index in [-0.39, 0.29) is 16.5 Å². The van der Waals surface area contributed by atoms with Gasteiger partial charge in [0, 0.05) is 30.3 Å². The standard InChI is InChI=1S/C20H32IN5O4Si/c1-20(2,3)31(6,7)29-10-14-13(27)8-15(30-14)26-9-12(21)16-17(26)23-19(24-18(16)28)22-11-25(4)5/h9,11,13-15,27H,8,10H2,1-7H3,(H,23,24,28)/t13?,14-,15-/m1/s1. The molecule has 172 valence electrons. The van der Waals surface area contributed by atoms with Gasteiger partial charge in [-0.3, -0.25) is 9.78 Å². The number of aromatic amines is 1. The quantitative estimate of drug-likeness (QED) is 0.243. The maximum Gasteiger partial charge on any atom is 0.262 e. The molecule has 0 amide bonds. The maximum atomic E-state index is 12.6. The topological polar surface area (TPSA) is 105 Å². The van der Waals surface area contributed by atoms with Crippen molar-refractivity contribution in [3.05, 3.63) is 20.1 Å². The summed E-state index contributed by atoms with van der Waals surface area (Å²) >= 11 is 2.12. The van der Waals surface area contributed by atoms with Crippen LogP contribution < -0.4 is 5.56 Å². The Kier molecular flexibility index (Phi) is 7.01. The minimum absolute atomic E-state index is 0.0805. The number of aliphatic imine (C=N–C) groups is 1. The van der Waals surface area contributed by atoms with Crippen LogP contribution in [0.2, 0.25) is 18.1 Å². The van der Waals surface area contributed by atoms with Gasteiger partial charge >= 0.3 is 0 Å². The minimum atomic E-state index is -1.95. The number of hydrogen-bond acceptors (Lipinski definition) is 6. The predicted molar refractivity (Wildman–Crippen MR) is 133 cm³/mol. The normalized spacial score (nSPS) is 22.7. The number of H-pyrrole nitrogens is 1. The summed E-state index contributed by atoms with van der Waals surface area (Å²) in [6.07, 6.45) is 2.29. The number of fused-ring (bicyclic) bond motifs is 1. The third-order valence-electron chi connectivity index (χ3n) is 5.96. The Morgan fingerprint density at radius 2 is 2.16 bits per heavy atom. The molecule has 1 aliphatic heterocycles. The van der Waals surface area contributed by atoms with Crippen LogP contribution in [0.4, 0.5) is 5.95 Å². The molecule has 11 heteroatoms. The van der Waals surface area contributed by atoms with E-state index >= 15 is 0 Å². The largest absolute Gasteiger partial charge is 0.414 e. The lowest BCUT2D eigenvalue weighted by Gasteiger charge is -2.37. The maximum absolute atomic E-state index is 12.6. The molecule has 1 saturated heterocycles. The number of hydrogen-bond donors (Lipinski definition) is 2. The Hall–Kier alpha value is -1.28. The van der Waals surface area contributed by atoms with Crippen LogP contribution in [0.5, 0.6) is 0 Å². The summed E-state index contributed by atoms with van der Waals surface area (Å²) in [5, 5.41) is 11.2. The van der Waals surface area contributed by atoms with Gasteiger partial charge in [0.05, 0.1) is 24.4 Å². The van der Waals surface area contributed by atoms with Crippen LogP contribution in [0.1, 0.15) is 33.4 Å². The van der Waals surface area contributed by atoms with E-state index < -0.39 is 26.8 Å². The molecule has 31 heavy (non-hydrogen) atoms. The molecule has 0 saturated carbocycles. The van der Waals surface area contributed by atoms with Crippen LogP contribution >= 0.6 is 22.6 Å². The molecule has 2 N–H and O–H groups in total. The van der Waals surface area contributed by atoms with Crippen LogP contribution in [0.3, 0.4) is 0 Å². The first kappa shape index (κ1) is 24.4. The fraction of sp³-hybridized carbons (Fsp3) is 0.650. The summed E-state index contributed by atoms with van der Waals surface area (Å²) < 4.78 is 15.0. The van der Waals surface area contributed by atoms with Crippen molar-refractivity contribution in [2.45, 2.75) is 63.8 Å². The molecule has 9 nitrogen and oxygen atoms in total. The second kappa shape index (κ2) is 8.93. The average Bonchev–Trinajstić information content (AvgIpc) is 3.17. The lowest BCUT2D eigenvalue weighted by Crippen LogP contribution is -2.43. The van der Waals surface area contributed by atoms with Gasteiger partial charge in [-0.25, -0.2) is 4.99 Å². The van der Waals surface area contributed by atoms with Crippen molar-refractivity contribution in [2.75, 3.05) is 20.7 Å². The van der Waals surface area contributed by atoms with Crippen molar-refractivity contribution in [1.82, 2.24) is 19.4 Å². The van der Waals surface area contributed by atoms with Crippen LogP contribution in [0.25, 0.3) is 11.0 Å². The second-order valence-corrected chi connectivity index (χ2v) is 15.7. The van der Waals surface area contributed by atoms with Crippen molar-refractivity contribution in [3.63, 3.8) is 0 Å². The van der Waals surface area contributed by atoms with Crippen molar-refractivity contribution in [1.29, 1.82) is 0 Å². The monoisotopic (exact) mass is 561 g/mol. The Morgan fingerprint density at radius 3 is 2.77 bits per heavy atom. The van der Waals surface area contributed by atoms with Gasteiger partial charge in [-0.1, -0.05) is 20.8 Å². The molecule has 2 aromatic rings. The first-order chi connectivity index (χ1) is 14.3. The molecule has 1 unspecified atom stereocenters. The SMILES string of the molecule is CN(C)C=Nc1nc2c(c(I)cn2[C@H]2CC(O)[C@@H](CO[Si](C)(C)C(C)(C)C)O2)c(=O)[nH]1. The van der Waals surface area contributed by atoms with E-state index in [0.717, 1.165) is 3.57 Å². The first-order valence-corrected chi connectivity index (χ1v) is 14.3. The number of halogens is 1. The van der Waals surface area contributed by atoms with E-state index in [1.807, 2.05) is 24.9 Å². The Labute approximate surface area is 197 Å². The van der Waals surface area contributed by atoms with E-state index in [4.69, 9.17) is 9.16 Å². The van der Waals surface area contributed by atoms with E-state index in [1.165, 1.54) is 0 Å². The number of rotatable bonds is 6. The molecule has 1 aliphatic rings. The Balaban J connectivity index is 1.86. The highest BCUT2D eigenvalue weighted by molar-refractivity contribution is 14.1. The van der Waals surface area contributed by atoms with Gasteiger partial charge in [0.1, 0.15) is 12.3 Å². The molecule has 0 spiro atoms. The van der Waals surface area contributed by atoms with Gasteiger partial charge in [0.15, 0.2) is 14.0 Å². The van der Waals surface area contributed by atoms with Crippen molar-refractivity contribution >= 4 is 54.2 Å². The van der Waals surface area contributed by atoms with Crippen molar-refractivity contribution in [2.24, 2.45) is 4.99 Å². The van der Waals surface area contributed by atoms with Crippen LogP contribution in [0.15, 0.2) is 16.0 Å². The van der Waals surface area contributed by atoms with E-state index in [2.05, 4.69) is 71.4 Å². The van der Waals surface area contributed by atoms with Gasteiger partial charge in [-0.05, 0) is 40.7 Å². The van der Waals surface area contributed by atoms with Gasteiger partial charge in [-0.2, -0.15) is 4.98 Å². The summed E-state index contributed by atoms with van der Waals surface area (Å²) in [7, 11) is 1.72. The summed E-state index contributed by atoms with van der Waals surface area (Å²) in [6.45, 7) is 11.3. The number of nitrogens with zero attached hydrogens (tertiary/aromatic N) is 4. The zero-order valence-corrected chi connectivity index (χ0v) is 22.3. The predicted octanol–water partition coefficient (Wildman–Crippen LogP) is 3.22. The minimum Gasteiger partial charge on any atom is -0.414 e. The summed E-state index contributed by atoms with van der Waals surface area (Å²) in [6, 6.07) is 0. The fourth-order valence-electron chi connectivity index (χ4n) is 3.09. The molecule has 0 bridgehead atoms. The summed E-state index contributed by atoms with van der Waals surface area (Å²) in [5.41, 5.74) is 0.234. The second-order valence-electron chi connectivity index (χ2n) is 9.68.